The highest BCUT2D eigenvalue weighted by Gasteiger charge is 2.50. The average Bonchev–Trinajstić information content (AvgIpc) is 3.72. The Bertz CT molecular complexity index is 3120. The van der Waals surface area contributed by atoms with Gasteiger partial charge in [0.05, 0.1) is 5.41 Å². The molecule has 1 aromatic heterocycles. The standard InChI is InChI=1S/C55H37N3S/c1-54(2)43-19-9-6-16-39(43)42-30-28-38(33-47(42)54)53-57-51(35-14-4-3-5-15-35)56-52(58-53)36-26-24-34(25-27-36)37-29-31-50-48(32-37)55(46-22-12-13-23-49(46)59-50)44-20-10-7-17-40(44)41-18-8-11-21-45(41)55/h3-33H,1-2H3. The Morgan fingerprint density at radius 1 is 0.322 bits per heavy atom. The number of benzene rings is 8. The first-order chi connectivity index (χ1) is 29.0. The highest BCUT2D eigenvalue weighted by Crippen LogP contribution is 2.62. The highest BCUT2D eigenvalue weighted by molar-refractivity contribution is 7.99. The highest BCUT2D eigenvalue weighted by atomic mass is 32.2. The van der Waals surface area contributed by atoms with Gasteiger partial charge in [0.15, 0.2) is 17.5 Å². The molecule has 2 heterocycles. The molecule has 2 aliphatic carbocycles. The van der Waals surface area contributed by atoms with Crippen molar-refractivity contribution in [2.75, 3.05) is 0 Å². The molecule has 59 heavy (non-hydrogen) atoms. The quantitative estimate of drug-likeness (QED) is 0.179. The maximum atomic E-state index is 5.17. The molecule has 12 rings (SSSR count). The van der Waals surface area contributed by atoms with Crippen LogP contribution >= 0.6 is 11.8 Å². The number of hydrogen-bond acceptors (Lipinski definition) is 4. The summed E-state index contributed by atoms with van der Waals surface area (Å²) in [4.78, 5) is 17.9. The Hall–Kier alpha value is -6.88. The minimum absolute atomic E-state index is 0.126. The lowest BCUT2D eigenvalue weighted by Crippen LogP contribution is -2.32. The molecule has 0 saturated carbocycles. The predicted octanol–water partition coefficient (Wildman–Crippen LogP) is 13.7. The molecule has 4 heteroatoms. The number of rotatable bonds is 4. The lowest BCUT2D eigenvalue weighted by atomic mass is 9.67. The molecule has 8 aromatic carbocycles. The molecule has 1 aliphatic heterocycles. The Morgan fingerprint density at radius 2 is 0.763 bits per heavy atom. The topological polar surface area (TPSA) is 38.7 Å². The largest absolute Gasteiger partial charge is 0.208 e. The molecule has 0 fully saturated rings. The monoisotopic (exact) mass is 771 g/mol. The average molecular weight is 772 g/mol. The Kier molecular flexibility index (Phi) is 7.42. The van der Waals surface area contributed by atoms with E-state index in [9.17, 15) is 0 Å². The predicted molar refractivity (Wildman–Crippen MR) is 241 cm³/mol. The third kappa shape index (κ3) is 5.00. The summed E-state index contributed by atoms with van der Waals surface area (Å²) in [6.07, 6.45) is 0. The van der Waals surface area contributed by atoms with Crippen molar-refractivity contribution < 1.29 is 0 Å². The molecule has 3 nitrogen and oxygen atoms in total. The van der Waals surface area contributed by atoms with Crippen LogP contribution in [0.3, 0.4) is 0 Å². The van der Waals surface area contributed by atoms with Gasteiger partial charge in [-0.25, -0.2) is 15.0 Å². The first-order valence-corrected chi connectivity index (χ1v) is 21.1. The molecule has 9 aromatic rings. The van der Waals surface area contributed by atoms with E-state index in [2.05, 4.69) is 184 Å². The minimum atomic E-state index is -0.412. The summed E-state index contributed by atoms with van der Waals surface area (Å²) in [5, 5.41) is 0. The van der Waals surface area contributed by atoms with Gasteiger partial charge in [-0.15, -0.1) is 0 Å². The first kappa shape index (κ1) is 34.2. The first-order valence-electron chi connectivity index (χ1n) is 20.3. The van der Waals surface area contributed by atoms with Crippen molar-refractivity contribution in [3.05, 3.63) is 221 Å². The van der Waals surface area contributed by atoms with Crippen LogP contribution in [0.4, 0.5) is 0 Å². The van der Waals surface area contributed by atoms with Crippen molar-refractivity contribution in [3.8, 4) is 67.5 Å². The van der Waals surface area contributed by atoms with Crippen molar-refractivity contribution in [2.45, 2.75) is 34.5 Å². The SMILES string of the molecule is CC1(C)c2ccccc2-c2ccc(-c3nc(-c4ccccc4)nc(-c4ccc(-c5ccc6c(c5)C5(c7ccccc7S6)c6ccccc6-c6ccccc65)cc4)n3)cc21. The number of hydrogen-bond donors (Lipinski definition) is 0. The molecule has 0 atom stereocenters. The van der Waals surface area contributed by atoms with E-state index in [0.29, 0.717) is 17.5 Å². The summed E-state index contributed by atoms with van der Waals surface area (Å²) in [6.45, 7) is 4.62. The van der Waals surface area contributed by atoms with Gasteiger partial charge in [0.1, 0.15) is 0 Å². The van der Waals surface area contributed by atoms with Crippen LogP contribution in [-0.2, 0) is 10.8 Å². The van der Waals surface area contributed by atoms with Crippen molar-refractivity contribution in [1.29, 1.82) is 0 Å². The molecular weight excluding hydrogens is 735 g/mol. The van der Waals surface area contributed by atoms with Gasteiger partial charge in [0.2, 0.25) is 0 Å². The van der Waals surface area contributed by atoms with Crippen LogP contribution < -0.4 is 0 Å². The van der Waals surface area contributed by atoms with E-state index < -0.39 is 5.41 Å². The summed E-state index contributed by atoms with van der Waals surface area (Å²) in [7, 11) is 0. The van der Waals surface area contributed by atoms with E-state index in [1.165, 1.54) is 71.0 Å². The lowest BCUT2D eigenvalue weighted by Gasteiger charge is -2.40. The molecule has 0 amide bonds. The zero-order valence-corrected chi connectivity index (χ0v) is 33.5. The molecule has 0 bridgehead atoms. The van der Waals surface area contributed by atoms with Gasteiger partial charge in [0.25, 0.3) is 0 Å². The molecule has 1 spiro atoms. The van der Waals surface area contributed by atoms with Gasteiger partial charge in [-0.3, -0.25) is 0 Å². The molecule has 3 aliphatic rings. The van der Waals surface area contributed by atoms with Gasteiger partial charge in [-0.2, -0.15) is 0 Å². The van der Waals surface area contributed by atoms with Gasteiger partial charge >= 0.3 is 0 Å². The van der Waals surface area contributed by atoms with Crippen LogP contribution in [0, 0.1) is 0 Å². The van der Waals surface area contributed by atoms with Crippen molar-refractivity contribution in [3.63, 3.8) is 0 Å². The van der Waals surface area contributed by atoms with Crippen LogP contribution in [0.15, 0.2) is 198 Å². The third-order valence-corrected chi connectivity index (χ3v) is 14.0. The summed E-state index contributed by atoms with van der Waals surface area (Å²) in [6, 6.07) is 68.4. The van der Waals surface area contributed by atoms with Crippen molar-refractivity contribution in [1.82, 2.24) is 15.0 Å². The number of nitrogens with zero attached hydrogens (tertiary/aromatic N) is 3. The maximum absolute atomic E-state index is 5.17. The van der Waals surface area contributed by atoms with Gasteiger partial charge < -0.3 is 0 Å². The van der Waals surface area contributed by atoms with Crippen LogP contribution in [-0.4, -0.2) is 15.0 Å². The van der Waals surface area contributed by atoms with Crippen LogP contribution in [0.1, 0.15) is 47.2 Å². The molecule has 0 saturated heterocycles. The van der Waals surface area contributed by atoms with E-state index in [1.807, 2.05) is 30.0 Å². The Morgan fingerprint density at radius 3 is 1.44 bits per heavy atom. The zero-order chi connectivity index (χ0) is 39.3. The molecule has 278 valence electrons. The summed E-state index contributed by atoms with van der Waals surface area (Å²) < 4.78 is 0. The molecule has 0 N–H and O–H groups in total. The molecular formula is C55H37N3S. The molecule has 0 radical (unpaired) electrons. The van der Waals surface area contributed by atoms with Gasteiger partial charge in [-0.1, -0.05) is 189 Å². The summed E-state index contributed by atoms with van der Waals surface area (Å²) in [5.41, 5.74) is 17.9. The summed E-state index contributed by atoms with van der Waals surface area (Å²) in [5.74, 6) is 1.98. The Labute approximate surface area is 348 Å². The fourth-order valence-electron chi connectivity index (χ4n) is 10.0. The fraction of sp³-hybridized carbons (Fsp3) is 0.0727. The second-order valence-electron chi connectivity index (χ2n) is 16.3. The molecule has 0 unspecified atom stereocenters. The minimum Gasteiger partial charge on any atom is -0.208 e. The second kappa shape index (κ2) is 12.8. The normalized spacial score (nSPS) is 14.5. The third-order valence-electron chi connectivity index (χ3n) is 12.8. The smallest absolute Gasteiger partial charge is 0.164 e. The van der Waals surface area contributed by atoms with Gasteiger partial charge in [-0.05, 0) is 91.0 Å². The zero-order valence-electron chi connectivity index (χ0n) is 32.6. The van der Waals surface area contributed by atoms with E-state index in [-0.39, 0.29) is 5.41 Å². The van der Waals surface area contributed by atoms with E-state index >= 15 is 0 Å². The van der Waals surface area contributed by atoms with E-state index in [4.69, 9.17) is 15.0 Å². The second-order valence-corrected chi connectivity index (χ2v) is 17.4. The van der Waals surface area contributed by atoms with Gasteiger partial charge in [0, 0.05) is 31.9 Å². The van der Waals surface area contributed by atoms with Crippen molar-refractivity contribution >= 4 is 11.8 Å². The lowest BCUT2D eigenvalue weighted by molar-refractivity contribution is 0.660. The van der Waals surface area contributed by atoms with E-state index in [1.54, 1.807) is 0 Å². The fourth-order valence-corrected chi connectivity index (χ4v) is 11.2. The number of fused-ring (bicyclic) bond motifs is 12. The number of aromatic nitrogens is 3. The van der Waals surface area contributed by atoms with E-state index in [0.717, 1.165) is 22.3 Å². The Balaban J connectivity index is 0.968. The maximum Gasteiger partial charge on any atom is 0.164 e. The van der Waals surface area contributed by atoms with Crippen LogP contribution in [0.25, 0.3) is 67.5 Å². The van der Waals surface area contributed by atoms with Crippen LogP contribution in [0.5, 0.6) is 0 Å². The van der Waals surface area contributed by atoms with Crippen LogP contribution in [0.2, 0.25) is 0 Å². The summed E-state index contributed by atoms with van der Waals surface area (Å²) >= 11 is 1.88. The van der Waals surface area contributed by atoms with Crippen molar-refractivity contribution in [2.24, 2.45) is 0 Å².